The maximum absolute atomic E-state index is 12.7. The van der Waals surface area contributed by atoms with E-state index in [4.69, 9.17) is 27.9 Å². The van der Waals surface area contributed by atoms with Crippen molar-refractivity contribution in [3.8, 4) is 11.4 Å². The van der Waals surface area contributed by atoms with E-state index in [1.165, 1.54) is 10.9 Å². The molecular weight excluding hydrogens is 373 g/mol. The van der Waals surface area contributed by atoms with E-state index in [0.717, 1.165) is 5.56 Å². The van der Waals surface area contributed by atoms with Gasteiger partial charge in [0, 0.05) is 16.9 Å². The van der Waals surface area contributed by atoms with Crippen molar-refractivity contribution < 1.29 is 4.74 Å². The van der Waals surface area contributed by atoms with Crippen molar-refractivity contribution in [3.63, 3.8) is 0 Å². The smallest absolute Gasteiger partial charge is 0.280 e. The number of halogens is 2. The van der Waals surface area contributed by atoms with Crippen molar-refractivity contribution in [1.82, 2.24) is 9.78 Å². The molecule has 0 saturated carbocycles. The van der Waals surface area contributed by atoms with Crippen LogP contribution in [0, 0.1) is 13.8 Å². The quantitative estimate of drug-likeness (QED) is 0.648. The van der Waals surface area contributed by atoms with Gasteiger partial charge in [0.1, 0.15) is 5.75 Å². The van der Waals surface area contributed by atoms with Crippen molar-refractivity contribution in [2.45, 2.75) is 13.8 Å². The van der Waals surface area contributed by atoms with Gasteiger partial charge in [-0.1, -0.05) is 29.3 Å². The molecule has 0 bridgehead atoms. The van der Waals surface area contributed by atoms with Gasteiger partial charge in [0.25, 0.3) is 5.56 Å². The molecule has 0 aliphatic carbocycles. The number of H-pyrrole nitrogens is 1. The largest absolute Gasteiger partial charge is 0.495 e. The summed E-state index contributed by atoms with van der Waals surface area (Å²) in [5, 5.41) is 4.11. The zero-order chi connectivity index (χ0) is 18.8. The van der Waals surface area contributed by atoms with Crippen molar-refractivity contribution in [3.05, 3.63) is 73.6 Å². The molecule has 0 aliphatic heterocycles. The highest BCUT2D eigenvalue weighted by Crippen LogP contribution is 2.28. The first-order chi connectivity index (χ1) is 12.4. The number of benzene rings is 2. The molecule has 2 aromatic carbocycles. The summed E-state index contributed by atoms with van der Waals surface area (Å²) in [6, 6.07) is 10.6. The van der Waals surface area contributed by atoms with Gasteiger partial charge in [0.05, 0.1) is 29.1 Å². The number of nitrogens with one attached hydrogen (secondary N) is 1. The van der Waals surface area contributed by atoms with Gasteiger partial charge in [-0.3, -0.25) is 14.9 Å². The SMILES string of the molecule is COc1ccc(N=Cc2c(C)[nH]n(-c3ccc(C)c(Cl)c3)c2=O)cc1Cl. The molecule has 0 fully saturated rings. The molecule has 0 radical (unpaired) electrons. The number of methoxy groups -OCH3 is 1. The highest BCUT2D eigenvalue weighted by Gasteiger charge is 2.11. The van der Waals surface area contributed by atoms with Gasteiger partial charge in [-0.05, 0) is 49.7 Å². The van der Waals surface area contributed by atoms with E-state index in [1.54, 1.807) is 31.4 Å². The highest BCUT2D eigenvalue weighted by molar-refractivity contribution is 6.32. The lowest BCUT2D eigenvalue weighted by Crippen LogP contribution is -2.17. The van der Waals surface area contributed by atoms with Crippen LogP contribution in [-0.4, -0.2) is 23.1 Å². The summed E-state index contributed by atoms with van der Waals surface area (Å²) in [6.07, 6.45) is 1.53. The fraction of sp³-hybridized carbons (Fsp3) is 0.158. The van der Waals surface area contributed by atoms with E-state index in [-0.39, 0.29) is 5.56 Å². The molecule has 0 aliphatic rings. The van der Waals surface area contributed by atoms with Crippen LogP contribution in [0.5, 0.6) is 5.75 Å². The molecule has 0 saturated heterocycles. The summed E-state index contributed by atoms with van der Waals surface area (Å²) in [7, 11) is 1.55. The van der Waals surface area contributed by atoms with Gasteiger partial charge in [-0.25, -0.2) is 4.68 Å². The molecular formula is C19H17Cl2N3O2. The molecule has 3 rings (SSSR count). The second kappa shape index (κ2) is 7.40. The van der Waals surface area contributed by atoms with Crippen LogP contribution in [0.25, 0.3) is 5.69 Å². The summed E-state index contributed by atoms with van der Waals surface area (Å²) in [5.41, 5.74) is 3.21. The Kier molecular flexibility index (Phi) is 5.20. The number of nitrogens with zero attached hydrogens (tertiary/aromatic N) is 2. The van der Waals surface area contributed by atoms with Crippen molar-refractivity contribution in [1.29, 1.82) is 0 Å². The molecule has 7 heteroatoms. The Morgan fingerprint density at radius 2 is 1.88 bits per heavy atom. The molecule has 0 amide bonds. The topological polar surface area (TPSA) is 59.4 Å². The van der Waals surface area contributed by atoms with Gasteiger partial charge in [0.2, 0.25) is 0 Å². The lowest BCUT2D eigenvalue weighted by molar-refractivity contribution is 0.415. The number of rotatable bonds is 4. The summed E-state index contributed by atoms with van der Waals surface area (Å²) in [5.74, 6) is 0.571. The van der Waals surface area contributed by atoms with Crippen LogP contribution in [-0.2, 0) is 0 Å². The third-order valence-corrected chi connectivity index (χ3v) is 4.71. The number of ether oxygens (including phenoxy) is 1. The predicted molar refractivity (Wildman–Crippen MR) is 106 cm³/mol. The number of aliphatic imine (C=N–C) groups is 1. The van der Waals surface area contributed by atoms with Crippen LogP contribution < -0.4 is 10.3 Å². The van der Waals surface area contributed by atoms with E-state index in [9.17, 15) is 4.79 Å². The summed E-state index contributed by atoms with van der Waals surface area (Å²) >= 11 is 12.3. The molecule has 0 atom stereocenters. The van der Waals surface area contributed by atoms with Crippen molar-refractivity contribution >= 4 is 35.1 Å². The average Bonchev–Trinajstić information content (AvgIpc) is 2.90. The molecule has 3 aromatic rings. The van der Waals surface area contributed by atoms with Crippen LogP contribution in [0.4, 0.5) is 5.69 Å². The van der Waals surface area contributed by atoms with Crippen LogP contribution in [0.1, 0.15) is 16.8 Å². The van der Waals surface area contributed by atoms with Gasteiger partial charge >= 0.3 is 0 Å². The minimum atomic E-state index is -0.203. The third kappa shape index (κ3) is 3.54. The number of aromatic amines is 1. The molecule has 1 N–H and O–H groups in total. The molecule has 1 aromatic heterocycles. The van der Waals surface area contributed by atoms with Crippen LogP contribution in [0.3, 0.4) is 0 Å². The Morgan fingerprint density at radius 3 is 2.54 bits per heavy atom. The summed E-state index contributed by atoms with van der Waals surface area (Å²) in [4.78, 5) is 17.1. The zero-order valence-electron chi connectivity index (χ0n) is 14.5. The Labute approximate surface area is 160 Å². The average molecular weight is 390 g/mol. The lowest BCUT2D eigenvalue weighted by atomic mass is 10.2. The summed E-state index contributed by atoms with van der Waals surface area (Å²) < 4.78 is 6.57. The lowest BCUT2D eigenvalue weighted by Gasteiger charge is -2.04. The van der Waals surface area contributed by atoms with Gasteiger partial charge < -0.3 is 4.74 Å². The second-order valence-corrected chi connectivity index (χ2v) is 6.62. The maximum atomic E-state index is 12.7. The van der Waals surface area contributed by atoms with E-state index >= 15 is 0 Å². The number of aryl methyl sites for hydroxylation is 2. The van der Waals surface area contributed by atoms with Crippen molar-refractivity contribution in [2.24, 2.45) is 4.99 Å². The molecule has 0 unspecified atom stereocenters. The highest BCUT2D eigenvalue weighted by atomic mass is 35.5. The van der Waals surface area contributed by atoms with Crippen LogP contribution in [0.15, 0.2) is 46.2 Å². The Bertz CT molecular complexity index is 1050. The van der Waals surface area contributed by atoms with Gasteiger partial charge in [-0.15, -0.1) is 0 Å². The molecule has 5 nitrogen and oxygen atoms in total. The van der Waals surface area contributed by atoms with E-state index < -0.39 is 0 Å². The second-order valence-electron chi connectivity index (χ2n) is 5.80. The van der Waals surface area contributed by atoms with Crippen LogP contribution >= 0.6 is 23.2 Å². The fourth-order valence-electron chi connectivity index (χ4n) is 2.49. The minimum Gasteiger partial charge on any atom is -0.495 e. The standard InChI is InChI=1S/C19H17Cl2N3O2/c1-11-4-6-14(9-16(11)20)24-19(25)15(12(2)23-24)10-22-13-5-7-18(26-3)17(21)8-13/h4-10,23H,1-3H3. The van der Waals surface area contributed by atoms with Crippen LogP contribution in [0.2, 0.25) is 10.0 Å². The van der Waals surface area contributed by atoms with Crippen molar-refractivity contribution in [2.75, 3.05) is 7.11 Å². The molecule has 0 spiro atoms. The first-order valence-electron chi connectivity index (χ1n) is 7.86. The summed E-state index contributed by atoms with van der Waals surface area (Å²) in [6.45, 7) is 3.73. The normalized spacial score (nSPS) is 11.3. The number of hydrogen-bond donors (Lipinski definition) is 1. The Morgan fingerprint density at radius 1 is 1.12 bits per heavy atom. The number of aromatic nitrogens is 2. The molecule has 134 valence electrons. The van der Waals surface area contributed by atoms with E-state index in [2.05, 4.69) is 10.1 Å². The van der Waals surface area contributed by atoms with Gasteiger partial charge in [0.15, 0.2) is 0 Å². The first-order valence-corrected chi connectivity index (χ1v) is 8.62. The van der Waals surface area contributed by atoms with E-state index in [1.807, 2.05) is 26.0 Å². The first kappa shape index (κ1) is 18.3. The monoisotopic (exact) mass is 389 g/mol. The Balaban J connectivity index is 1.97. The minimum absolute atomic E-state index is 0.203. The predicted octanol–water partition coefficient (Wildman–Crippen LogP) is 4.85. The third-order valence-electron chi connectivity index (χ3n) is 4.01. The van der Waals surface area contributed by atoms with E-state index in [0.29, 0.717) is 38.4 Å². The zero-order valence-corrected chi connectivity index (χ0v) is 16.0. The molecule has 26 heavy (non-hydrogen) atoms. The molecule has 1 heterocycles. The Hall–Kier alpha value is -2.50. The van der Waals surface area contributed by atoms with Gasteiger partial charge in [-0.2, -0.15) is 0 Å². The fourth-order valence-corrected chi connectivity index (χ4v) is 2.92. The maximum Gasteiger partial charge on any atom is 0.280 e. The number of hydrogen-bond acceptors (Lipinski definition) is 3.